The van der Waals surface area contributed by atoms with Gasteiger partial charge in [0.25, 0.3) is 0 Å². The summed E-state index contributed by atoms with van der Waals surface area (Å²) in [6.07, 6.45) is 7.92. The third-order valence-electron chi connectivity index (χ3n) is 3.87. The van der Waals surface area contributed by atoms with Gasteiger partial charge in [-0.15, -0.1) is 0 Å². The molecule has 1 aliphatic rings. The summed E-state index contributed by atoms with van der Waals surface area (Å²) in [6, 6.07) is 13.1. The van der Waals surface area contributed by atoms with Crippen LogP contribution < -0.4 is 5.32 Å². The van der Waals surface area contributed by atoms with Crippen molar-refractivity contribution in [2.75, 3.05) is 6.54 Å². The van der Waals surface area contributed by atoms with Crippen LogP contribution in [0.25, 0.3) is 0 Å². The van der Waals surface area contributed by atoms with Crippen LogP contribution in [-0.2, 0) is 6.42 Å². The van der Waals surface area contributed by atoms with Gasteiger partial charge in [-0.1, -0.05) is 49.6 Å². The van der Waals surface area contributed by atoms with Gasteiger partial charge in [0, 0.05) is 0 Å². The zero-order chi connectivity index (χ0) is 12.7. The Bertz CT molecular complexity index is 385. The molecule has 0 spiro atoms. The van der Waals surface area contributed by atoms with Crippen LogP contribution in [-0.4, -0.2) is 12.1 Å². The van der Waals surface area contributed by atoms with E-state index in [-0.39, 0.29) is 5.54 Å². The van der Waals surface area contributed by atoms with Crippen molar-refractivity contribution in [2.24, 2.45) is 0 Å². The molecule has 1 saturated carbocycles. The van der Waals surface area contributed by atoms with Gasteiger partial charge in [-0.25, -0.2) is 0 Å². The summed E-state index contributed by atoms with van der Waals surface area (Å²) in [5, 5.41) is 12.8. The first-order chi connectivity index (χ1) is 8.85. The maximum Gasteiger partial charge on any atom is 0.106 e. The van der Waals surface area contributed by atoms with Crippen molar-refractivity contribution in [2.45, 2.75) is 50.5 Å². The highest BCUT2D eigenvalue weighted by Gasteiger charge is 2.30. The van der Waals surface area contributed by atoms with E-state index in [0.717, 1.165) is 32.2 Å². The van der Waals surface area contributed by atoms with Crippen LogP contribution in [0, 0.1) is 11.3 Å². The number of nitrogens with one attached hydrogen (secondary N) is 1. The minimum absolute atomic E-state index is 0.227. The lowest BCUT2D eigenvalue weighted by atomic mass is 9.83. The molecule has 0 unspecified atom stereocenters. The normalized spacial score (nSPS) is 18.2. The van der Waals surface area contributed by atoms with E-state index in [9.17, 15) is 5.26 Å². The molecular formula is C16H22N2. The van der Waals surface area contributed by atoms with Crippen molar-refractivity contribution in [3.05, 3.63) is 35.9 Å². The molecule has 2 nitrogen and oxygen atoms in total. The van der Waals surface area contributed by atoms with Crippen LogP contribution in [0.2, 0.25) is 0 Å². The quantitative estimate of drug-likeness (QED) is 0.803. The molecule has 2 heteroatoms. The lowest BCUT2D eigenvalue weighted by molar-refractivity contribution is 0.297. The first kappa shape index (κ1) is 13.1. The first-order valence-electron chi connectivity index (χ1n) is 7.05. The maximum atomic E-state index is 9.35. The molecule has 0 radical (unpaired) electrons. The Morgan fingerprint density at radius 3 is 2.50 bits per heavy atom. The van der Waals surface area contributed by atoms with Gasteiger partial charge in [0.15, 0.2) is 0 Å². The van der Waals surface area contributed by atoms with Crippen molar-refractivity contribution in [1.29, 1.82) is 5.26 Å². The number of nitrogens with zero attached hydrogens (tertiary/aromatic N) is 1. The van der Waals surface area contributed by atoms with Gasteiger partial charge in [0.2, 0.25) is 0 Å². The van der Waals surface area contributed by atoms with E-state index in [4.69, 9.17) is 0 Å². The maximum absolute atomic E-state index is 9.35. The summed E-state index contributed by atoms with van der Waals surface area (Å²) < 4.78 is 0. The highest BCUT2D eigenvalue weighted by Crippen LogP contribution is 2.27. The topological polar surface area (TPSA) is 35.8 Å². The van der Waals surface area contributed by atoms with Crippen molar-refractivity contribution in [3.8, 4) is 6.07 Å². The Morgan fingerprint density at radius 2 is 1.83 bits per heavy atom. The fourth-order valence-corrected chi connectivity index (χ4v) is 2.75. The van der Waals surface area contributed by atoms with E-state index in [0.29, 0.717) is 0 Å². The fourth-order valence-electron chi connectivity index (χ4n) is 2.75. The molecule has 0 saturated heterocycles. The summed E-state index contributed by atoms with van der Waals surface area (Å²) in [7, 11) is 0. The van der Waals surface area contributed by atoms with Crippen molar-refractivity contribution in [3.63, 3.8) is 0 Å². The van der Waals surface area contributed by atoms with E-state index in [1.807, 2.05) is 0 Å². The number of hydrogen-bond acceptors (Lipinski definition) is 2. The second kappa shape index (κ2) is 6.56. The molecule has 18 heavy (non-hydrogen) atoms. The Morgan fingerprint density at radius 1 is 1.11 bits per heavy atom. The lowest BCUT2D eigenvalue weighted by Gasteiger charge is -2.31. The highest BCUT2D eigenvalue weighted by atomic mass is 15.0. The van der Waals surface area contributed by atoms with Gasteiger partial charge < -0.3 is 0 Å². The molecule has 0 bridgehead atoms. The predicted molar refractivity (Wildman–Crippen MR) is 74.2 cm³/mol. The van der Waals surface area contributed by atoms with Crippen LogP contribution in [0.3, 0.4) is 0 Å². The third-order valence-corrected chi connectivity index (χ3v) is 3.87. The summed E-state index contributed by atoms with van der Waals surface area (Å²) in [4.78, 5) is 0. The Labute approximate surface area is 110 Å². The molecule has 1 aromatic rings. The highest BCUT2D eigenvalue weighted by molar-refractivity contribution is 5.14. The molecule has 0 aliphatic heterocycles. The molecule has 0 aromatic heterocycles. The summed E-state index contributed by atoms with van der Waals surface area (Å²) in [5.41, 5.74) is 1.16. The van der Waals surface area contributed by atoms with E-state index in [2.05, 4.69) is 41.7 Å². The van der Waals surface area contributed by atoms with Gasteiger partial charge in [-0.05, 0) is 37.8 Å². The van der Waals surface area contributed by atoms with Crippen LogP contribution in [0.15, 0.2) is 30.3 Å². The third kappa shape index (κ3) is 3.58. The van der Waals surface area contributed by atoms with Gasteiger partial charge in [0.05, 0.1) is 6.07 Å². The number of rotatable bonds is 5. The molecule has 1 N–H and O–H groups in total. The lowest BCUT2D eigenvalue weighted by Crippen LogP contribution is -2.45. The largest absolute Gasteiger partial charge is 0.299 e. The van der Waals surface area contributed by atoms with Crippen LogP contribution in [0.5, 0.6) is 0 Å². The Balaban J connectivity index is 1.73. The fraction of sp³-hybridized carbons (Fsp3) is 0.562. The van der Waals surface area contributed by atoms with E-state index >= 15 is 0 Å². The second-order valence-corrected chi connectivity index (χ2v) is 5.27. The zero-order valence-corrected chi connectivity index (χ0v) is 11.0. The molecule has 96 valence electrons. The van der Waals surface area contributed by atoms with E-state index < -0.39 is 0 Å². The predicted octanol–water partition coefficient (Wildman–Crippen LogP) is 3.44. The SMILES string of the molecule is N#CC1(NCCCc2ccccc2)CCCCC1. The number of aryl methyl sites for hydroxylation is 1. The standard InChI is InChI=1S/C16H22N2/c17-14-16(11-5-2-6-12-16)18-13-7-10-15-8-3-1-4-9-15/h1,3-4,8-9,18H,2,5-7,10-13H2. The molecule has 0 atom stereocenters. The molecule has 1 fully saturated rings. The first-order valence-corrected chi connectivity index (χ1v) is 7.05. The number of benzene rings is 1. The Hall–Kier alpha value is -1.33. The summed E-state index contributed by atoms with van der Waals surface area (Å²) in [6.45, 7) is 0.947. The smallest absolute Gasteiger partial charge is 0.106 e. The van der Waals surface area contributed by atoms with Crippen LogP contribution in [0.4, 0.5) is 0 Å². The molecular weight excluding hydrogens is 220 g/mol. The summed E-state index contributed by atoms with van der Waals surface area (Å²) in [5.74, 6) is 0. The van der Waals surface area contributed by atoms with E-state index in [1.165, 1.54) is 24.8 Å². The van der Waals surface area contributed by atoms with Gasteiger partial charge in [-0.2, -0.15) is 5.26 Å². The van der Waals surface area contributed by atoms with Gasteiger partial charge >= 0.3 is 0 Å². The van der Waals surface area contributed by atoms with Crippen LogP contribution in [0.1, 0.15) is 44.1 Å². The number of nitriles is 1. The van der Waals surface area contributed by atoms with Crippen LogP contribution >= 0.6 is 0 Å². The average molecular weight is 242 g/mol. The molecule has 0 amide bonds. The van der Waals surface area contributed by atoms with Gasteiger partial charge in [-0.3, -0.25) is 5.32 Å². The summed E-state index contributed by atoms with van der Waals surface area (Å²) >= 11 is 0. The monoisotopic (exact) mass is 242 g/mol. The molecule has 0 heterocycles. The van der Waals surface area contributed by atoms with Crippen molar-refractivity contribution in [1.82, 2.24) is 5.32 Å². The molecule has 2 rings (SSSR count). The molecule has 1 aliphatic carbocycles. The minimum atomic E-state index is -0.227. The Kier molecular flexibility index (Phi) is 4.78. The van der Waals surface area contributed by atoms with E-state index in [1.54, 1.807) is 0 Å². The number of hydrogen-bond donors (Lipinski definition) is 1. The average Bonchev–Trinajstić information content (AvgIpc) is 2.46. The minimum Gasteiger partial charge on any atom is -0.299 e. The van der Waals surface area contributed by atoms with Crippen molar-refractivity contribution < 1.29 is 0 Å². The van der Waals surface area contributed by atoms with Crippen molar-refractivity contribution >= 4 is 0 Å². The van der Waals surface area contributed by atoms with Gasteiger partial charge in [0.1, 0.15) is 5.54 Å². The molecule has 1 aromatic carbocycles. The zero-order valence-electron chi connectivity index (χ0n) is 11.0. The second-order valence-electron chi connectivity index (χ2n) is 5.27.